The van der Waals surface area contributed by atoms with E-state index in [1.54, 1.807) is 49.4 Å². The summed E-state index contributed by atoms with van der Waals surface area (Å²) >= 11 is 12.5. The zero-order chi connectivity index (χ0) is 32.0. The van der Waals surface area contributed by atoms with Crippen molar-refractivity contribution in [3.05, 3.63) is 109 Å². The number of esters is 1. The first kappa shape index (κ1) is 31.4. The van der Waals surface area contributed by atoms with Crippen molar-refractivity contribution in [2.45, 2.75) is 62.3 Å². The molecule has 0 radical (unpaired) electrons. The van der Waals surface area contributed by atoms with Crippen molar-refractivity contribution in [3.8, 4) is 0 Å². The summed E-state index contributed by atoms with van der Waals surface area (Å²) in [5, 5.41) is 27.4. The van der Waals surface area contributed by atoms with Gasteiger partial charge in [0.1, 0.15) is 11.4 Å². The lowest BCUT2D eigenvalue weighted by atomic mass is 9.73. The van der Waals surface area contributed by atoms with Crippen LogP contribution in [0.4, 0.5) is 10.1 Å². The van der Waals surface area contributed by atoms with Gasteiger partial charge in [-0.1, -0.05) is 53.5 Å². The lowest BCUT2D eigenvalue weighted by Gasteiger charge is -2.39. The van der Waals surface area contributed by atoms with Crippen LogP contribution >= 0.6 is 23.2 Å². The number of likely N-dealkylation sites (tertiary alicyclic amines) is 1. The zero-order valence-corrected chi connectivity index (χ0v) is 25.9. The monoisotopic (exact) mass is 655 g/mol. The maximum atomic E-state index is 15.9. The molecule has 2 heterocycles. The number of halogens is 3. The molecule has 236 valence electrons. The van der Waals surface area contributed by atoms with E-state index < -0.39 is 52.3 Å². The minimum atomic E-state index is -1.62. The molecule has 1 saturated carbocycles. The third kappa shape index (κ3) is 5.48. The second-order valence-corrected chi connectivity index (χ2v) is 12.7. The molecule has 5 atom stereocenters. The number of fused-ring (bicyclic) bond motifs is 2. The Balaban J connectivity index is 1.44. The van der Waals surface area contributed by atoms with Gasteiger partial charge in [-0.15, -0.1) is 0 Å². The van der Waals surface area contributed by atoms with Gasteiger partial charge >= 0.3 is 5.97 Å². The number of nitrogens with one attached hydrogen (secondary N) is 1. The molecule has 2 aliphatic heterocycles. The number of aliphatic hydroxyl groups excluding tert-OH is 1. The van der Waals surface area contributed by atoms with Gasteiger partial charge in [-0.3, -0.25) is 19.8 Å². The van der Waals surface area contributed by atoms with Crippen LogP contribution in [0.25, 0.3) is 0 Å². The van der Waals surface area contributed by atoms with E-state index in [2.05, 4.69) is 5.32 Å². The summed E-state index contributed by atoms with van der Waals surface area (Å²) in [7, 11) is 0. The Bertz CT molecular complexity index is 1650. The molecule has 1 spiro atoms. The predicted octanol–water partition coefficient (Wildman–Crippen LogP) is 6.49. The van der Waals surface area contributed by atoms with Crippen LogP contribution in [0, 0.1) is 21.8 Å². The Hall–Kier alpha value is -3.57. The number of carbonyl (C=O) groups excluding carboxylic acids is 2. The van der Waals surface area contributed by atoms with Crippen LogP contribution in [0.2, 0.25) is 10.0 Å². The number of anilines is 1. The Morgan fingerprint density at radius 3 is 2.60 bits per heavy atom. The molecule has 3 aromatic carbocycles. The molecular formula is C33H32Cl2FN3O6. The molecule has 9 nitrogen and oxygen atoms in total. The van der Waals surface area contributed by atoms with Crippen molar-refractivity contribution in [2.24, 2.45) is 5.92 Å². The number of rotatable bonds is 10. The third-order valence-corrected chi connectivity index (χ3v) is 9.81. The smallest absolute Gasteiger partial charge is 0.338 e. The molecule has 0 aromatic heterocycles. The predicted molar refractivity (Wildman–Crippen MR) is 167 cm³/mol. The second-order valence-electron chi connectivity index (χ2n) is 11.9. The molecule has 1 aliphatic carbocycles. The molecule has 45 heavy (non-hydrogen) atoms. The fourth-order valence-electron chi connectivity index (χ4n) is 7.15. The van der Waals surface area contributed by atoms with Gasteiger partial charge in [-0.05, 0) is 74.4 Å². The topological polar surface area (TPSA) is 122 Å². The lowest BCUT2D eigenvalue weighted by molar-refractivity contribution is -0.528. The van der Waals surface area contributed by atoms with Crippen LogP contribution in [-0.4, -0.2) is 52.0 Å². The van der Waals surface area contributed by atoms with Crippen molar-refractivity contribution < 1.29 is 28.7 Å². The van der Waals surface area contributed by atoms with Gasteiger partial charge in [-0.25, -0.2) is 9.18 Å². The number of carbonyl (C=O) groups is 2. The molecule has 1 saturated heterocycles. The number of benzene rings is 3. The van der Waals surface area contributed by atoms with Gasteiger partial charge in [0, 0.05) is 33.3 Å². The Morgan fingerprint density at radius 1 is 1.20 bits per heavy atom. The number of hydrogen-bond donors (Lipinski definition) is 2. The third-order valence-electron chi connectivity index (χ3n) is 9.28. The molecule has 2 N–H and O–H groups in total. The highest BCUT2D eigenvalue weighted by molar-refractivity contribution is 6.31. The molecule has 12 heteroatoms. The quantitative estimate of drug-likeness (QED) is 0.145. The zero-order valence-electron chi connectivity index (χ0n) is 24.4. The van der Waals surface area contributed by atoms with E-state index in [0.717, 1.165) is 12.8 Å². The largest absolute Gasteiger partial charge is 0.462 e. The Labute approximate surface area is 269 Å². The molecular weight excluding hydrogens is 624 g/mol. The van der Waals surface area contributed by atoms with E-state index in [1.165, 1.54) is 18.2 Å². The highest BCUT2D eigenvalue weighted by Crippen LogP contribution is 2.60. The van der Waals surface area contributed by atoms with Crippen LogP contribution in [0.5, 0.6) is 0 Å². The fraction of sp³-hybridized carbons (Fsp3) is 0.394. The number of nitro groups is 1. The van der Waals surface area contributed by atoms with Crippen molar-refractivity contribution >= 4 is 40.8 Å². The van der Waals surface area contributed by atoms with Gasteiger partial charge in [0.25, 0.3) is 5.91 Å². The molecule has 0 unspecified atom stereocenters. The summed E-state index contributed by atoms with van der Waals surface area (Å²) in [6.07, 6.45) is 1.05. The first-order chi connectivity index (χ1) is 21.6. The molecule has 6 rings (SSSR count). The number of ether oxygens (including phenoxy) is 1. The van der Waals surface area contributed by atoms with E-state index in [-0.39, 0.29) is 36.0 Å². The average Bonchev–Trinajstić information content (AvgIpc) is 3.73. The van der Waals surface area contributed by atoms with E-state index in [0.29, 0.717) is 33.9 Å². The van der Waals surface area contributed by atoms with Crippen LogP contribution in [-0.2, 0) is 15.1 Å². The lowest BCUT2D eigenvalue weighted by Crippen LogP contribution is -2.52. The van der Waals surface area contributed by atoms with Gasteiger partial charge in [-0.2, -0.15) is 0 Å². The number of nitrogens with zero attached hydrogens (tertiary/aromatic N) is 2. The number of aliphatic hydroxyl groups is 1. The van der Waals surface area contributed by atoms with Gasteiger partial charge < -0.3 is 15.2 Å². The molecule has 3 aliphatic rings. The van der Waals surface area contributed by atoms with E-state index in [1.807, 2.05) is 4.90 Å². The van der Waals surface area contributed by atoms with Gasteiger partial charge in [0.2, 0.25) is 6.04 Å². The molecule has 3 aromatic rings. The van der Waals surface area contributed by atoms with E-state index >= 15 is 4.39 Å². The summed E-state index contributed by atoms with van der Waals surface area (Å²) in [6.45, 7) is 2.33. The summed E-state index contributed by atoms with van der Waals surface area (Å²) in [5.41, 5.74) is 0.144. The molecule has 2 fully saturated rings. The Morgan fingerprint density at radius 2 is 1.93 bits per heavy atom. The highest BCUT2D eigenvalue weighted by Gasteiger charge is 2.71. The first-order valence-electron chi connectivity index (χ1n) is 15.0. The van der Waals surface area contributed by atoms with Crippen molar-refractivity contribution in [2.75, 3.05) is 18.5 Å². The minimum absolute atomic E-state index is 0.0134. The normalized spacial score (nSPS) is 24.8. The number of hydrogen-bond acceptors (Lipinski definition) is 7. The van der Waals surface area contributed by atoms with Crippen LogP contribution in [0.15, 0.2) is 60.7 Å². The summed E-state index contributed by atoms with van der Waals surface area (Å²) < 4.78 is 20.9. The van der Waals surface area contributed by atoms with Crippen molar-refractivity contribution in [3.63, 3.8) is 0 Å². The SMILES string of the molecule is CCOC(=O)c1ccc([C@H](O)CC[C@H]2[C@@H]([N+](=O)[O-])[C@H](c3cccc(Cl)c3F)[C@]3(C(=O)Nc4cc(Cl)ccc43)N2CC2CC2)cc1. The van der Waals surface area contributed by atoms with Crippen molar-refractivity contribution in [1.29, 1.82) is 0 Å². The maximum Gasteiger partial charge on any atom is 0.338 e. The minimum Gasteiger partial charge on any atom is -0.462 e. The summed E-state index contributed by atoms with van der Waals surface area (Å²) in [5.74, 6) is -2.80. The standard InChI is InChI=1S/C33H32Cl2FN3O6/c1-2-45-31(41)20-10-8-19(9-11-20)27(40)15-14-26-30(39(43)44)28(22-4-3-5-24(35)29(22)36)33(38(26)17-18-6-7-18)23-13-12-21(34)16-25(23)37-32(33)42/h3-5,8-13,16,18,26-28,30,40H,2,6-7,14-15,17H2,1H3,(H,37,42)/t26-,27+,28-,30+,33+/m0/s1. The van der Waals surface area contributed by atoms with E-state index in [9.17, 15) is 24.8 Å². The van der Waals surface area contributed by atoms with Crippen LogP contribution in [0.3, 0.4) is 0 Å². The van der Waals surface area contributed by atoms with E-state index in [4.69, 9.17) is 27.9 Å². The Kier molecular flexibility index (Phi) is 8.60. The summed E-state index contributed by atoms with van der Waals surface area (Å²) in [6, 6.07) is 13.4. The average molecular weight is 657 g/mol. The van der Waals surface area contributed by atoms with Crippen molar-refractivity contribution in [1.82, 2.24) is 4.90 Å². The maximum absolute atomic E-state index is 15.9. The van der Waals surface area contributed by atoms with Gasteiger partial charge in [0.05, 0.1) is 35.3 Å². The first-order valence-corrected chi connectivity index (χ1v) is 15.7. The van der Waals surface area contributed by atoms with Crippen LogP contribution < -0.4 is 5.32 Å². The van der Waals surface area contributed by atoms with Gasteiger partial charge in [0.15, 0.2) is 0 Å². The molecule has 0 bridgehead atoms. The highest BCUT2D eigenvalue weighted by atomic mass is 35.5. The summed E-state index contributed by atoms with van der Waals surface area (Å²) in [4.78, 5) is 40.9. The van der Waals surface area contributed by atoms with Crippen LogP contribution in [0.1, 0.15) is 71.7 Å². The second kappa shape index (κ2) is 12.3. The fourth-order valence-corrected chi connectivity index (χ4v) is 7.50. The molecule has 1 amide bonds. The number of amides is 1.